The molecule has 2 aromatic carbocycles. The third-order valence-corrected chi connectivity index (χ3v) is 3.54. The topological polar surface area (TPSA) is 32.9 Å². The van der Waals surface area contributed by atoms with E-state index in [1.165, 1.54) is 11.1 Å². The van der Waals surface area contributed by atoms with Crippen LogP contribution >= 0.6 is 0 Å². The lowest BCUT2D eigenvalue weighted by Gasteiger charge is -2.04. The van der Waals surface area contributed by atoms with E-state index in [0.717, 1.165) is 17.7 Å². The highest BCUT2D eigenvalue weighted by molar-refractivity contribution is 5.97. The molecule has 2 heteroatoms. The summed E-state index contributed by atoms with van der Waals surface area (Å²) in [5, 5.41) is 0. The molecule has 0 radical (unpaired) electrons. The fourth-order valence-electron chi connectivity index (χ4n) is 2.39. The zero-order valence-electron chi connectivity index (χ0n) is 11.8. The molecule has 1 heterocycles. The molecule has 104 valence electrons. The molecule has 1 aromatic heterocycles. The van der Waals surface area contributed by atoms with Gasteiger partial charge in [0.15, 0.2) is 5.78 Å². The fraction of sp³-hybridized carbons (Fsp3) is 0.105. The van der Waals surface area contributed by atoms with Gasteiger partial charge < -0.3 is 4.98 Å². The van der Waals surface area contributed by atoms with E-state index in [1.54, 1.807) is 0 Å². The number of carbonyl (C=O) groups excluding carboxylic acids is 1. The van der Waals surface area contributed by atoms with Crippen molar-refractivity contribution in [2.45, 2.75) is 12.8 Å². The number of H-pyrrole nitrogens is 1. The predicted octanol–water partition coefficient (Wildman–Crippen LogP) is 4.03. The molecule has 0 atom stereocenters. The summed E-state index contributed by atoms with van der Waals surface area (Å²) in [6.07, 6.45) is 3.16. The molecule has 3 aromatic rings. The molecule has 21 heavy (non-hydrogen) atoms. The molecule has 0 amide bonds. The molecule has 0 aliphatic heterocycles. The lowest BCUT2D eigenvalue weighted by Crippen LogP contribution is -2.03. The van der Waals surface area contributed by atoms with E-state index in [-0.39, 0.29) is 5.78 Å². The van der Waals surface area contributed by atoms with Crippen LogP contribution in [0.1, 0.15) is 27.2 Å². The number of rotatable bonds is 5. The molecule has 2 nitrogen and oxygen atoms in total. The van der Waals surface area contributed by atoms with Crippen LogP contribution in [-0.2, 0) is 12.8 Å². The summed E-state index contributed by atoms with van der Waals surface area (Å²) in [6, 6.07) is 22.1. The Balaban J connectivity index is 1.68. The number of hydrogen-bond acceptors (Lipinski definition) is 1. The normalized spacial score (nSPS) is 10.5. The number of nitrogens with one attached hydrogen (secondary N) is 1. The minimum absolute atomic E-state index is 0.142. The molecule has 0 saturated heterocycles. The number of aromatic nitrogens is 1. The van der Waals surface area contributed by atoms with Crippen LogP contribution in [0.4, 0.5) is 0 Å². The van der Waals surface area contributed by atoms with E-state index in [9.17, 15) is 4.79 Å². The van der Waals surface area contributed by atoms with Gasteiger partial charge in [0.05, 0.1) is 6.42 Å². The van der Waals surface area contributed by atoms with Crippen molar-refractivity contribution < 1.29 is 4.79 Å². The lowest BCUT2D eigenvalue weighted by atomic mass is 10.0. The second kappa shape index (κ2) is 6.23. The zero-order valence-corrected chi connectivity index (χ0v) is 11.8. The molecular formula is C19H17NO. The van der Waals surface area contributed by atoms with Crippen LogP contribution in [0.15, 0.2) is 72.9 Å². The van der Waals surface area contributed by atoms with Gasteiger partial charge in [0.25, 0.3) is 0 Å². The first-order valence-electron chi connectivity index (χ1n) is 7.09. The van der Waals surface area contributed by atoms with Gasteiger partial charge in [-0.2, -0.15) is 0 Å². The van der Waals surface area contributed by atoms with Gasteiger partial charge >= 0.3 is 0 Å². The van der Waals surface area contributed by atoms with Crippen LogP contribution in [0.5, 0.6) is 0 Å². The van der Waals surface area contributed by atoms with E-state index < -0.39 is 0 Å². The van der Waals surface area contributed by atoms with E-state index >= 15 is 0 Å². The van der Waals surface area contributed by atoms with Crippen LogP contribution in [0.25, 0.3) is 0 Å². The molecule has 1 N–H and O–H groups in total. The van der Waals surface area contributed by atoms with Gasteiger partial charge in [-0.1, -0.05) is 54.6 Å². The van der Waals surface area contributed by atoms with E-state index in [1.807, 2.05) is 60.8 Å². The fourth-order valence-corrected chi connectivity index (χ4v) is 2.39. The van der Waals surface area contributed by atoms with Crippen molar-refractivity contribution in [2.75, 3.05) is 0 Å². The summed E-state index contributed by atoms with van der Waals surface area (Å²) >= 11 is 0. The van der Waals surface area contributed by atoms with Gasteiger partial charge in [-0.25, -0.2) is 0 Å². The summed E-state index contributed by atoms with van der Waals surface area (Å²) in [5.74, 6) is 0.142. The maximum atomic E-state index is 12.2. The Morgan fingerprint density at radius 3 is 2.19 bits per heavy atom. The number of Topliss-reactive ketones (excluding diaryl/α,β-unsaturated/α-hetero) is 1. The lowest BCUT2D eigenvalue weighted by molar-refractivity contribution is 0.0992. The number of ketones is 1. The average Bonchev–Trinajstić information content (AvgIpc) is 3.02. The number of aromatic amines is 1. The average molecular weight is 275 g/mol. The predicted molar refractivity (Wildman–Crippen MR) is 84.5 cm³/mol. The molecule has 0 bridgehead atoms. The number of hydrogen-bond donors (Lipinski definition) is 1. The Kier molecular flexibility index (Phi) is 3.97. The van der Waals surface area contributed by atoms with Gasteiger partial charge in [-0.15, -0.1) is 0 Å². The summed E-state index contributed by atoms with van der Waals surface area (Å²) in [6.45, 7) is 0. The highest BCUT2D eigenvalue weighted by Gasteiger charge is 2.07. The third kappa shape index (κ3) is 3.48. The summed E-state index contributed by atoms with van der Waals surface area (Å²) < 4.78 is 0. The van der Waals surface area contributed by atoms with Gasteiger partial charge in [-0.05, 0) is 29.7 Å². The van der Waals surface area contributed by atoms with E-state index in [2.05, 4.69) is 17.1 Å². The minimum atomic E-state index is 0.142. The molecule has 0 spiro atoms. The molecule has 0 unspecified atom stereocenters. The highest BCUT2D eigenvalue weighted by atomic mass is 16.1. The Labute approximate surface area is 124 Å². The molecular weight excluding hydrogens is 258 g/mol. The van der Waals surface area contributed by atoms with Crippen molar-refractivity contribution in [1.29, 1.82) is 0 Å². The van der Waals surface area contributed by atoms with Crippen molar-refractivity contribution in [3.63, 3.8) is 0 Å². The zero-order chi connectivity index (χ0) is 14.5. The Hall–Kier alpha value is -2.61. The Morgan fingerprint density at radius 2 is 1.52 bits per heavy atom. The van der Waals surface area contributed by atoms with Crippen molar-refractivity contribution in [3.05, 3.63) is 95.3 Å². The van der Waals surface area contributed by atoms with E-state index in [4.69, 9.17) is 0 Å². The Bertz CT molecular complexity index is 697. The van der Waals surface area contributed by atoms with Crippen LogP contribution < -0.4 is 0 Å². The van der Waals surface area contributed by atoms with E-state index in [0.29, 0.717) is 6.42 Å². The molecule has 0 aliphatic carbocycles. The number of carbonyl (C=O) groups is 1. The first-order valence-corrected chi connectivity index (χ1v) is 7.09. The maximum absolute atomic E-state index is 12.2. The largest absolute Gasteiger partial charge is 0.365 e. The van der Waals surface area contributed by atoms with Gasteiger partial charge in [0.2, 0.25) is 0 Å². The first kappa shape index (κ1) is 13.4. The number of benzene rings is 2. The SMILES string of the molecule is O=C(Cc1ccc[nH]1)c1ccc(Cc2ccccc2)cc1. The smallest absolute Gasteiger partial charge is 0.168 e. The van der Waals surface area contributed by atoms with Crippen LogP contribution in [0.3, 0.4) is 0 Å². The van der Waals surface area contributed by atoms with Gasteiger partial charge in [0.1, 0.15) is 0 Å². The molecule has 0 saturated carbocycles. The minimum Gasteiger partial charge on any atom is -0.365 e. The monoisotopic (exact) mass is 275 g/mol. The van der Waals surface area contributed by atoms with Gasteiger partial charge in [0, 0.05) is 17.5 Å². The van der Waals surface area contributed by atoms with Crippen molar-refractivity contribution >= 4 is 5.78 Å². The standard InChI is InChI=1S/C19H17NO/c21-19(14-18-7-4-12-20-18)17-10-8-16(9-11-17)13-15-5-2-1-3-6-15/h1-12,20H,13-14H2. The summed E-state index contributed by atoms with van der Waals surface area (Å²) in [5.41, 5.74) is 4.22. The molecule has 0 fully saturated rings. The third-order valence-electron chi connectivity index (χ3n) is 3.54. The second-order valence-electron chi connectivity index (χ2n) is 5.15. The van der Waals surface area contributed by atoms with Crippen molar-refractivity contribution in [1.82, 2.24) is 4.98 Å². The highest BCUT2D eigenvalue weighted by Crippen LogP contribution is 2.12. The van der Waals surface area contributed by atoms with Crippen LogP contribution in [-0.4, -0.2) is 10.8 Å². The summed E-state index contributed by atoms with van der Waals surface area (Å²) in [7, 11) is 0. The van der Waals surface area contributed by atoms with Crippen LogP contribution in [0, 0.1) is 0 Å². The second-order valence-corrected chi connectivity index (χ2v) is 5.15. The Morgan fingerprint density at radius 1 is 0.810 bits per heavy atom. The van der Waals surface area contributed by atoms with Crippen LogP contribution in [0.2, 0.25) is 0 Å². The maximum Gasteiger partial charge on any atom is 0.168 e. The van der Waals surface area contributed by atoms with Crippen molar-refractivity contribution in [3.8, 4) is 0 Å². The van der Waals surface area contributed by atoms with Crippen molar-refractivity contribution in [2.24, 2.45) is 0 Å². The molecule has 3 rings (SSSR count). The molecule has 0 aliphatic rings. The first-order chi connectivity index (χ1) is 10.3. The summed E-state index contributed by atoms with van der Waals surface area (Å²) in [4.78, 5) is 15.2. The quantitative estimate of drug-likeness (QED) is 0.701. The van der Waals surface area contributed by atoms with Gasteiger partial charge in [-0.3, -0.25) is 4.79 Å².